The second kappa shape index (κ2) is 7.30. The molecule has 0 radical (unpaired) electrons. The molecule has 27 heavy (non-hydrogen) atoms. The number of hydrogen-bond acceptors (Lipinski definition) is 7. The minimum atomic E-state index is -1.27. The van der Waals surface area contributed by atoms with Gasteiger partial charge in [-0.05, 0) is 30.4 Å². The Morgan fingerprint density at radius 2 is 1.93 bits per heavy atom. The Morgan fingerprint density at radius 1 is 1.22 bits per heavy atom. The molecule has 1 heterocycles. The van der Waals surface area contributed by atoms with Crippen molar-refractivity contribution in [3.05, 3.63) is 58.6 Å². The van der Waals surface area contributed by atoms with Crippen molar-refractivity contribution in [3.63, 3.8) is 0 Å². The van der Waals surface area contributed by atoms with Crippen molar-refractivity contribution < 1.29 is 19.6 Å². The molecule has 10 heteroatoms. The number of nitrogens with zero attached hydrogens (tertiary/aromatic N) is 3. The number of nitro benzene ring substituents is 1. The van der Waals surface area contributed by atoms with Crippen LogP contribution in [0.2, 0.25) is 0 Å². The van der Waals surface area contributed by atoms with E-state index < -0.39 is 28.4 Å². The Kier molecular flexibility index (Phi) is 4.90. The molecule has 9 nitrogen and oxygen atoms in total. The molecule has 0 unspecified atom stereocenters. The monoisotopic (exact) mass is 384 g/mol. The van der Waals surface area contributed by atoms with E-state index in [2.05, 4.69) is 10.3 Å². The van der Waals surface area contributed by atoms with Crippen molar-refractivity contribution in [2.75, 3.05) is 4.90 Å². The molecular weight excluding hydrogens is 372 g/mol. The molecule has 2 aromatic rings. The van der Waals surface area contributed by atoms with E-state index in [-0.39, 0.29) is 16.5 Å². The van der Waals surface area contributed by atoms with Gasteiger partial charge >= 0.3 is 0 Å². The zero-order chi connectivity index (χ0) is 19.6. The summed E-state index contributed by atoms with van der Waals surface area (Å²) in [7, 11) is 0. The minimum absolute atomic E-state index is 0.0133. The third-order valence-corrected chi connectivity index (χ3v) is 4.03. The Morgan fingerprint density at radius 3 is 2.56 bits per heavy atom. The van der Waals surface area contributed by atoms with Gasteiger partial charge in [0.15, 0.2) is 11.0 Å². The normalized spacial score (nSPS) is 17.3. The average molecular weight is 384 g/mol. The molecule has 0 bridgehead atoms. The number of thiocarbonyl (C=S) groups is 1. The predicted molar refractivity (Wildman–Crippen MR) is 101 cm³/mol. The van der Waals surface area contributed by atoms with Gasteiger partial charge in [-0.3, -0.25) is 29.6 Å². The molecule has 2 amide bonds. The maximum Gasteiger partial charge on any atom is 0.273 e. The van der Waals surface area contributed by atoms with Gasteiger partial charge in [0.05, 0.1) is 16.7 Å². The Bertz CT molecular complexity index is 977. The lowest BCUT2D eigenvalue weighted by Gasteiger charge is -2.30. The SMILES string of the molecule is O=C1NC(=S)N(c2ccccc2)C(=O)[C@@H]1C=Nc1ccc([N+](=O)[O-])cc1O. The van der Waals surface area contributed by atoms with Gasteiger partial charge in [0.2, 0.25) is 5.91 Å². The van der Waals surface area contributed by atoms with Gasteiger partial charge in [-0.2, -0.15) is 0 Å². The molecule has 2 N–H and O–H groups in total. The van der Waals surface area contributed by atoms with Crippen LogP contribution < -0.4 is 10.2 Å². The predicted octanol–water partition coefficient (Wildman–Crippen LogP) is 2.07. The number of non-ortho nitro benzene ring substituents is 1. The minimum Gasteiger partial charge on any atom is -0.505 e. The summed E-state index contributed by atoms with van der Waals surface area (Å²) >= 11 is 5.08. The summed E-state index contributed by atoms with van der Waals surface area (Å²) in [5.41, 5.74) is 0.170. The molecule has 1 fully saturated rings. The Hall–Kier alpha value is -3.66. The van der Waals surface area contributed by atoms with Crippen molar-refractivity contribution in [1.82, 2.24) is 5.32 Å². The van der Waals surface area contributed by atoms with Gasteiger partial charge in [-0.15, -0.1) is 0 Å². The van der Waals surface area contributed by atoms with Gasteiger partial charge in [-0.1, -0.05) is 18.2 Å². The van der Waals surface area contributed by atoms with Crippen LogP contribution in [0, 0.1) is 16.0 Å². The number of anilines is 1. The van der Waals surface area contributed by atoms with E-state index in [1.165, 1.54) is 11.0 Å². The van der Waals surface area contributed by atoms with Crippen molar-refractivity contribution in [1.29, 1.82) is 0 Å². The summed E-state index contributed by atoms with van der Waals surface area (Å²) < 4.78 is 0. The number of rotatable bonds is 4. The fraction of sp³-hybridized carbons (Fsp3) is 0.0588. The van der Waals surface area contributed by atoms with Crippen LogP contribution in [0.3, 0.4) is 0 Å². The number of carbonyl (C=O) groups is 2. The van der Waals surface area contributed by atoms with Crippen molar-refractivity contribution >= 4 is 52.4 Å². The highest BCUT2D eigenvalue weighted by Gasteiger charge is 2.38. The molecule has 1 atom stereocenters. The first-order chi connectivity index (χ1) is 12.9. The van der Waals surface area contributed by atoms with E-state index in [1.54, 1.807) is 30.3 Å². The number of amides is 2. The zero-order valence-electron chi connectivity index (χ0n) is 13.6. The Balaban J connectivity index is 1.88. The van der Waals surface area contributed by atoms with E-state index in [9.17, 15) is 24.8 Å². The molecule has 1 saturated heterocycles. The molecule has 0 aliphatic carbocycles. The maximum absolute atomic E-state index is 12.7. The number of para-hydroxylation sites is 1. The van der Waals surface area contributed by atoms with Gasteiger partial charge in [0, 0.05) is 12.3 Å². The summed E-state index contributed by atoms with van der Waals surface area (Å²) in [6, 6.07) is 11.8. The van der Waals surface area contributed by atoms with E-state index in [1.807, 2.05) is 0 Å². The second-order valence-corrected chi connectivity index (χ2v) is 5.88. The van der Waals surface area contributed by atoms with Gasteiger partial charge < -0.3 is 10.4 Å². The third-order valence-electron chi connectivity index (χ3n) is 3.75. The number of aromatic hydroxyl groups is 1. The molecule has 1 aliphatic heterocycles. The number of hydrogen-bond donors (Lipinski definition) is 2. The molecular formula is C17H12N4O5S. The van der Waals surface area contributed by atoms with Crippen molar-refractivity contribution in [2.24, 2.45) is 10.9 Å². The quantitative estimate of drug-likeness (QED) is 0.273. The summed E-state index contributed by atoms with van der Waals surface area (Å²) in [5, 5.41) is 22.9. The van der Waals surface area contributed by atoms with Crippen LogP contribution in [-0.4, -0.2) is 33.2 Å². The first-order valence-electron chi connectivity index (χ1n) is 7.64. The Labute approximate surface area is 158 Å². The fourth-order valence-corrected chi connectivity index (χ4v) is 2.73. The smallest absolute Gasteiger partial charge is 0.273 e. The van der Waals surface area contributed by atoms with Crippen LogP contribution in [-0.2, 0) is 9.59 Å². The third kappa shape index (κ3) is 3.65. The number of carbonyl (C=O) groups excluding carboxylic acids is 2. The van der Waals surface area contributed by atoms with Gasteiger partial charge in [0.1, 0.15) is 11.4 Å². The van der Waals surface area contributed by atoms with Gasteiger partial charge in [0.25, 0.3) is 11.6 Å². The lowest BCUT2D eigenvalue weighted by atomic mass is 10.1. The van der Waals surface area contributed by atoms with E-state index >= 15 is 0 Å². The van der Waals surface area contributed by atoms with Crippen LogP contribution >= 0.6 is 12.2 Å². The van der Waals surface area contributed by atoms with Crippen LogP contribution in [0.5, 0.6) is 5.75 Å². The van der Waals surface area contributed by atoms with Crippen LogP contribution in [0.4, 0.5) is 17.1 Å². The molecule has 3 rings (SSSR count). The zero-order valence-corrected chi connectivity index (χ0v) is 14.4. The largest absolute Gasteiger partial charge is 0.505 e. The molecule has 136 valence electrons. The van der Waals surface area contributed by atoms with E-state index in [0.29, 0.717) is 5.69 Å². The summed E-state index contributed by atoms with van der Waals surface area (Å²) in [5.74, 6) is -2.96. The van der Waals surface area contributed by atoms with E-state index in [4.69, 9.17) is 12.2 Å². The van der Waals surface area contributed by atoms with Crippen LogP contribution in [0.15, 0.2) is 53.5 Å². The second-order valence-electron chi connectivity index (χ2n) is 5.49. The molecule has 2 aromatic carbocycles. The van der Waals surface area contributed by atoms with Crippen LogP contribution in [0.25, 0.3) is 0 Å². The van der Waals surface area contributed by atoms with Crippen LogP contribution in [0.1, 0.15) is 0 Å². The summed E-state index contributed by atoms with van der Waals surface area (Å²) in [4.78, 5) is 40.0. The highest BCUT2D eigenvalue weighted by atomic mass is 32.1. The van der Waals surface area contributed by atoms with Gasteiger partial charge in [-0.25, -0.2) is 0 Å². The highest BCUT2D eigenvalue weighted by Crippen LogP contribution is 2.30. The number of nitro groups is 1. The molecule has 1 aliphatic rings. The fourth-order valence-electron chi connectivity index (χ4n) is 2.43. The lowest BCUT2D eigenvalue weighted by Crippen LogP contribution is -2.58. The van der Waals surface area contributed by atoms with Crippen molar-refractivity contribution in [2.45, 2.75) is 0 Å². The highest BCUT2D eigenvalue weighted by molar-refractivity contribution is 7.80. The van der Waals surface area contributed by atoms with Crippen molar-refractivity contribution in [3.8, 4) is 5.75 Å². The number of nitrogens with one attached hydrogen (secondary N) is 1. The van der Waals surface area contributed by atoms with E-state index in [0.717, 1.165) is 18.3 Å². The average Bonchev–Trinajstić information content (AvgIpc) is 2.63. The summed E-state index contributed by atoms with van der Waals surface area (Å²) in [6.45, 7) is 0. The first kappa shape index (κ1) is 18.1. The first-order valence-corrected chi connectivity index (χ1v) is 8.05. The number of phenols is 1. The molecule has 0 aromatic heterocycles. The molecule has 0 saturated carbocycles. The standard InChI is InChI=1S/C17H12N4O5S/c22-14-8-11(21(25)26)6-7-13(14)18-9-12-15(23)19-17(27)20(16(12)24)10-4-2-1-3-5-10/h1-9,12,22H,(H,19,23,27)/t12-/m1/s1. The lowest BCUT2D eigenvalue weighted by molar-refractivity contribution is -0.384. The number of aliphatic imine (C=N–C) groups is 1. The molecule has 0 spiro atoms. The topological polar surface area (TPSA) is 125 Å². The number of phenolic OH excluding ortho intramolecular Hbond substituents is 1. The maximum atomic E-state index is 12.7. The summed E-state index contributed by atoms with van der Waals surface area (Å²) in [6.07, 6.45) is 1.07. The number of benzene rings is 2.